The molecule has 0 aromatic carbocycles. The van der Waals surface area contributed by atoms with Crippen molar-refractivity contribution >= 4 is 6.09 Å². The number of hydrogen-bond donors (Lipinski definition) is 2. The van der Waals surface area contributed by atoms with E-state index >= 15 is 0 Å². The zero-order chi connectivity index (χ0) is 18.4. The SMILES string of the molecule is CC(C)CC(C)(N)COc1ccc(-c2ccnc(OC(N)=O)c2)cn1. The van der Waals surface area contributed by atoms with Crippen molar-refractivity contribution in [2.75, 3.05) is 6.61 Å². The number of ether oxygens (including phenoxy) is 2. The van der Waals surface area contributed by atoms with Crippen LogP contribution in [0.5, 0.6) is 11.8 Å². The number of rotatable bonds is 7. The number of aromatic nitrogens is 2. The summed E-state index contributed by atoms with van der Waals surface area (Å²) in [6, 6.07) is 7.03. The van der Waals surface area contributed by atoms with Crippen molar-refractivity contribution in [3.8, 4) is 22.9 Å². The molecule has 2 rings (SSSR count). The Morgan fingerprint density at radius 2 is 1.96 bits per heavy atom. The molecule has 7 heteroatoms. The monoisotopic (exact) mass is 344 g/mol. The lowest BCUT2D eigenvalue weighted by Gasteiger charge is -2.26. The standard InChI is InChI=1S/C18H24N4O3/c1-12(2)9-18(3,20)11-24-15-5-4-14(10-22-15)13-6-7-21-16(8-13)25-17(19)23/h4-8,10,12H,9,11,20H2,1-3H3,(H2,19,23). The molecule has 1 unspecified atom stereocenters. The van der Waals surface area contributed by atoms with Gasteiger partial charge in [0.05, 0.1) is 0 Å². The van der Waals surface area contributed by atoms with Crippen LogP contribution in [0.1, 0.15) is 27.2 Å². The topological polar surface area (TPSA) is 113 Å². The summed E-state index contributed by atoms with van der Waals surface area (Å²) in [6.07, 6.45) is 3.17. The first-order valence-electron chi connectivity index (χ1n) is 8.06. The van der Waals surface area contributed by atoms with Crippen LogP contribution in [0.3, 0.4) is 0 Å². The number of hydrogen-bond acceptors (Lipinski definition) is 6. The van der Waals surface area contributed by atoms with Gasteiger partial charge in [-0.05, 0) is 37.0 Å². The molecule has 0 spiro atoms. The molecular weight excluding hydrogens is 320 g/mol. The van der Waals surface area contributed by atoms with Gasteiger partial charge in [0.25, 0.3) is 0 Å². The number of pyridine rings is 2. The second-order valence-electron chi connectivity index (χ2n) is 6.73. The highest BCUT2D eigenvalue weighted by atomic mass is 16.6. The van der Waals surface area contributed by atoms with Gasteiger partial charge in [0.1, 0.15) is 6.61 Å². The first-order valence-corrected chi connectivity index (χ1v) is 8.06. The maximum Gasteiger partial charge on any atom is 0.411 e. The number of nitrogens with zero attached hydrogens (tertiary/aromatic N) is 2. The summed E-state index contributed by atoms with van der Waals surface area (Å²) in [7, 11) is 0. The van der Waals surface area contributed by atoms with Crippen LogP contribution in [0.15, 0.2) is 36.7 Å². The Kier molecular flexibility index (Phi) is 5.93. The molecule has 1 atom stereocenters. The van der Waals surface area contributed by atoms with E-state index < -0.39 is 11.6 Å². The van der Waals surface area contributed by atoms with Gasteiger partial charge >= 0.3 is 6.09 Å². The number of carbonyl (C=O) groups is 1. The van der Waals surface area contributed by atoms with Crippen molar-refractivity contribution in [2.45, 2.75) is 32.7 Å². The van der Waals surface area contributed by atoms with Gasteiger partial charge in [0, 0.05) is 35.6 Å². The number of carbonyl (C=O) groups excluding carboxylic acids is 1. The Morgan fingerprint density at radius 3 is 2.56 bits per heavy atom. The zero-order valence-electron chi connectivity index (χ0n) is 14.7. The van der Waals surface area contributed by atoms with E-state index in [2.05, 4.69) is 23.8 Å². The third kappa shape index (κ3) is 6.04. The molecule has 2 heterocycles. The van der Waals surface area contributed by atoms with Crippen molar-refractivity contribution in [1.82, 2.24) is 9.97 Å². The van der Waals surface area contributed by atoms with E-state index in [4.69, 9.17) is 20.9 Å². The van der Waals surface area contributed by atoms with E-state index in [1.165, 1.54) is 6.20 Å². The maximum absolute atomic E-state index is 10.8. The molecule has 2 aromatic rings. The molecule has 7 nitrogen and oxygen atoms in total. The van der Waals surface area contributed by atoms with Crippen molar-refractivity contribution in [2.24, 2.45) is 17.4 Å². The third-order valence-corrected chi connectivity index (χ3v) is 3.43. The van der Waals surface area contributed by atoms with Gasteiger partial charge in [-0.3, -0.25) is 0 Å². The average Bonchev–Trinajstić information content (AvgIpc) is 2.52. The number of nitrogens with two attached hydrogens (primary N) is 2. The summed E-state index contributed by atoms with van der Waals surface area (Å²) in [5, 5.41) is 0. The second-order valence-corrected chi connectivity index (χ2v) is 6.73. The third-order valence-electron chi connectivity index (χ3n) is 3.43. The largest absolute Gasteiger partial charge is 0.476 e. The smallest absolute Gasteiger partial charge is 0.411 e. The lowest BCUT2D eigenvalue weighted by molar-refractivity contribution is 0.200. The van der Waals surface area contributed by atoms with Crippen LogP contribution in [0.25, 0.3) is 11.1 Å². The Balaban J connectivity index is 2.03. The van der Waals surface area contributed by atoms with Crippen LogP contribution in [-0.4, -0.2) is 28.2 Å². The zero-order valence-corrected chi connectivity index (χ0v) is 14.7. The number of amides is 1. The molecule has 2 aromatic heterocycles. The highest BCUT2D eigenvalue weighted by molar-refractivity contribution is 5.69. The molecule has 4 N–H and O–H groups in total. The summed E-state index contributed by atoms with van der Waals surface area (Å²) in [5.74, 6) is 1.14. The van der Waals surface area contributed by atoms with Crippen molar-refractivity contribution in [3.63, 3.8) is 0 Å². The van der Waals surface area contributed by atoms with Gasteiger partial charge in [-0.2, -0.15) is 0 Å². The van der Waals surface area contributed by atoms with Crippen LogP contribution in [0, 0.1) is 5.92 Å². The van der Waals surface area contributed by atoms with E-state index in [-0.39, 0.29) is 5.88 Å². The van der Waals surface area contributed by atoms with Gasteiger partial charge in [-0.25, -0.2) is 14.8 Å². The number of primary amides is 1. The Morgan fingerprint density at radius 1 is 1.20 bits per heavy atom. The highest BCUT2D eigenvalue weighted by Crippen LogP contribution is 2.23. The first-order chi connectivity index (χ1) is 11.7. The predicted molar refractivity (Wildman–Crippen MR) is 95.2 cm³/mol. The minimum atomic E-state index is -0.905. The van der Waals surface area contributed by atoms with E-state index in [9.17, 15) is 4.79 Å². The summed E-state index contributed by atoms with van der Waals surface area (Å²) in [4.78, 5) is 19.0. The van der Waals surface area contributed by atoms with Crippen LogP contribution >= 0.6 is 0 Å². The van der Waals surface area contributed by atoms with E-state index in [0.29, 0.717) is 18.4 Å². The van der Waals surface area contributed by atoms with Gasteiger partial charge in [-0.15, -0.1) is 0 Å². The molecular formula is C18H24N4O3. The molecule has 0 saturated heterocycles. The summed E-state index contributed by atoms with van der Waals surface area (Å²) >= 11 is 0. The van der Waals surface area contributed by atoms with Crippen molar-refractivity contribution in [3.05, 3.63) is 36.7 Å². The molecule has 0 fully saturated rings. The molecule has 0 saturated carbocycles. The van der Waals surface area contributed by atoms with Gasteiger partial charge < -0.3 is 20.9 Å². The summed E-state index contributed by atoms with van der Waals surface area (Å²) < 4.78 is 10.5. The van der Waals surface area contributed by atoms with Crippen LogP contribution in [-0.2, 0) is 0 Å². The summed E-state index contributed by atoms with van der Waals surface area (Å²) in [6.45, 7) is 6.62. The molecule has 25 heavy (non-hydrogen) atoms. The van der Waals surface area contributed by atoms with Gasteiger partial charge in [-0.1, -0.05) is 13.8 Å². The Hall–Kier alpha value is -2.67. The quantitative estimate of drug-likeness (QED) is 0.798. The Bertz CT molecular complexity index is 715. The second kappa shape index (κ2) is 7.94. The summed E-state index contributed by atoms with van der Waals surface area (Å²) in [5.41, 5.74) is 12.5. The Labute approximate surface area is 147 Å². The van der Waals surface area contributed by atoms with Crippen molar-refractivity contribution < 1.29 is 14.3 Å². The molecule has 1 amide bonds. The average molecular weight is 344 g/mol. The normalized spacial score (nSPS) is 13.3. The van der Waals surface area contributed by atoms with Crippen molar-refractivity contribution in [1.29, 1.82) is 0 Å². The molecule has 0 bridgehead atoms. The van der Waals surface area contributed by atoms with E-state index in [1.807, 2.05) is 13.0 Å². The molecule has 0 aliphatic carbocycles. The maximum atomic E-state index is 10.8. The fourth-order valence-corrected chi connectivity index (χ4v) is 2.61. The minimum absolute atomic E-state index is 0.137. The lowest BCUT2D eigenvalue weighted by atomic mass is 9.93. The minimum Gasteiger partial charge on any atom is -0.476 e. The lowest BCUT2D eigenvalue weighted by Crippen LogP contribution is -2.43. The van der Waals surface area contributed by atoms with Gasteiger partial charge in [0.15, 0.2) is 0 Å². The van der Waals surface area contributed by atoms with Crippen LogP contribution in [0.2, 0.25) is 0 Å². The fourth-order valence-electron chi connectivity index (χ4n) is 2.61. The van der Waals surface area contributed by atoms with E-state index in [1.54, 1.807) is 24.4 Å². The first kappa shape index (κ1) is 18.7. The van der Waals surface area contributed by atoms with Crippen LogP contribution < -0.4 is 20.9 Å². The van der Waals surface area contributed by atoms with Gasteiger partial charge in [0.2, 0.25) is 11.8 Å². The molecule has 134 valence electrons. The fraction of sp³-hybridized carbons (Fsp3) is 0.389. The molecule has 0 aliphatic rings. The predicted octanol–water partition coefficient (Wildman–Crippen LogP) is 2.74. The molecule has 0 aliphatic heterocycles. The van der Waals surface area contributed by atoms with E-state index in [0.717, 1.165) is 17.5 Å². The highest BCUT2D eigenvalue weighted by Gasteiger charge is 2.21. The van der Waals surface area contributed by atoms with Crippen LogP contribution in [0.4, 0.5) is 4.79 Å². The molecule has 0 radical (unpaired) electrons.